The molecule has 5 nitrogen and oxygen atoms in total. The maximum absolute atomic E-state index is 13.4. The van der Waals surface area contributed by atoms with Crippen LogP contribution in [-0.2, 0) is 16.9 Å². The van der Waals surface area contributed by atoms with Crippen LogP contribution in [0.15, 0.2) is 35.4 Å². The van der Waals surface area contributed by atoms with Crippen LogP contribution in [-0.4, -0.2) is 30.3 Å². The smallest absolute Gasteiger partial charge is 0.345 e. The number of aromatic nitrogens is 1. The summed E-state index contributed by atoms with van der Waals surface area (Å²) in [6, 6.07) is 2.68. The normalized spacial score (nSPS) is 19.1. The molecule has 162 valence electrons. The third-order valence-corrected chi connectivity index (χ3v) is 7.34. The van der Waals surface area contributed by atoms with Gasteiger partial charge in [0.1, 0.15) is 5.69 Å². The zero-order chi connectivity index (χ0) is 22.4. The summed E-state index contributed by atoms with van der Waals surface area (Å²) in [5.41, 5.74) is -0.276. The quantitative estimate of drug-likeness (QED) is 0.712. The van der Waals surface area contributed by atoms with Crippen LogP contribution >= 0.6 is 0 Å². The first-order valence-electron chi connectivity index (χ1n) is 8.77. The predicted octanol–water partition coefficient (Wildman–Crippen LogP) is 4.31. The maximum Gasteiger partial charge on any atom is 0.392 e. The number of amides is 1. The summed E-state index contributed by atoms with van der Waals surface area (Å²) in [5.74, 6) is -5.24. The summed E-state index contributed by atoms with van der Waals surface area (Å²) < 4.78 is 93.1. The van der Waals surface area contributed by atoms with Crippen molar-refractivity contribution in [2.75, 3.05) is 5.32 Å². The third kappa shape index (κ3) is 3.85. The van der Waals surface area contributed by atoms with Crippen molar-refractivity contribution in [3.63, 3.8) is 0 Å². The topological polar surface area (TPSA) is 68.2 Å². The van der Waals surface area contributed by atoms with Gasteiger partial charge in [0.25, 0.3) is 5.91 Å². The Labute approximate surface area is 169 Å². The Bertz CT molecular complexity index is 1140. The first-order chi connectivity index (χ1) is 13.8. The molecular weight excluding hydrogens is 431 g/mol. The molecule has 3 rings (SSSR count). The molecule has 0 saturated carbocycles. The highest BCUT2D eigenvalue weighted by atomic mass is 32.2. The van der Waals surface area contributed by atoms with Crippen LogP contribution in [0, 0.1) is 17.6 Å². The molecule has 1 aliphatic rings. The van der Waals surface area contributed by atoms with E-state index < -0.39 is 49.6 Å². The summed E-state index contributed by atoms with van der Waals surface area (Å²) in [6.45, 7) is 0.806. The number of sulfone groups is 1. The lowest BCUT2D eigenvalue weighted by Gasteiger charge is -2.24. The minimum atomic E-state index is -4.71. The lowest BCUT2D eigenvalue weighted by atomic mass is 10.0. The van der Waals surface area contributed by atoms with Gasteiger partial charge in [-0.2, -0.15) is 13.2 Å². The second-order valence-corrected chi connectivity index (χ2v) is 9.14. The lowest BCUT2D eigenvalue weighted by Crippen LogP contribution is -2.37. The van der Waals surface area contributed by atoms with Gasteiger partial charge in [-0.05, 0) is 18.6 Å². The average molecular weight is 448 g/mol. The molecule has 1 aromatic heterocycles. The Balaban J connectivity index is 2.03. The molecule has 1 amide bonds. The molecule has 2 heterocycles. The van der Waals surface area contributed by atoms with Gasteiger partial charge in [0.15, 0.2) is 21.5 Å². The van der Waals surface area contributed by atoms with E-state index in [1.165, 1.54) is 23.8 Å². The maximum atomic E-state index is 13.4. The van der Waals surface area contributed by atoms with Crippen LogP contribution in [0.3, 0.4) is 0 Å². The number of anilines is 1. The molecule has 0 radical (unpaired) electrons. The zero-order valence-electron chi connectivity index (χ0n) is 15.8. The number of alkyl halides is 3. The van der Waals surface area contributed by atoms with E-state index in [1.807, 2.05) is 0 Å². The number of halogens is 5. The number of nitrogens with one attached hydrogen (secondary N) is 1. The van der Waals surface area contributed by atoms with E-state index in [4.69, 9.17) is 0 Å². The van der Waals surface area contributed by atoms with Gasteiger partial charge < -0.3 is 9.88 Å². The van der Waals surface area contributed by atoms with Gasteiger partial charge in [-0.15, -0.1) is 0 Å². The van der Waals surface area contributed by atoms with Gasteiger partial charge in [0, 0.05) is 30.6 Å². The molecule has 0 saturated heterocycles. The first kappa shape index (κ1) is 22.0. The Hall–Kier alpha value is -2.69. The number of hydrogen-bond donors (Lipinski definition) is 1. The van der Waals surface area contributed by atoms with E-state index >= 15 is 0 Å². The number of nitrogens with zero attached hydrogens (tertiary/aromatic N) is 1. The molecule has 0 fully saturated rings. The number of aryl methyl sites for hydroxylation is 1. The molecule has 11 heteroatoms. The van der Waals surface area contributed by atoms with E-state index in [0.29, 0.717) is 0 Å². The molecule has 0 spiro atoms. The van der Waals surface area contributed by atoms with Crippen LogP contribution in [0.4, 0.5) is 27.6 Å². The third-order valence-electron chi connectivity index (χ3n) is 5.01. The summed E-state index contributed by atoms with van der Waals surface area (Å²) in [6.07, 6.45) is -1.43. The molecule has 30 heavy (non-hydrogen) atoms. The van der Waals surface area contributed by atoms with Crippen molar-refractivity contribution in [1.82, 2.24) is 4.57 Å². The number of benzene rings is 1. The molecule has 2 atom stereocenters. The summed E-state index contributed by atoms with van der Waals surface area (Å²) >= 11 is 0. The second kappa shape index (κ2) is 7.53. The van der Waals surface area contributed by atoms with Crippen LogP contribution in [0.2, 0.25) is 0 Å². The fraction of sp³-hybridized carbons (Fsp3) is 0.316. The minimum Gasteiger partial charge on any atom is -0.345 e. The highest BCUT2D eigenvalue weighted by Crippen LogP contribution is 2.39. The summed E-state index contributed by atoms with van der Waals surface area (Å²) in [5, 5.41) is 0.598. The van der Waals surface area contributed by atoms with Crippen molar-refractivity contribution in [3.05, 3.63) is 53.4 Å². The average Bonchev–Trinajstić information content (AvgIpc) is 2.91. The van der Waals surface area contributed by atoms with E-state index in [0.717, 1.165) is 31.3 Å². The monoisotopic (exact) mass is 448 g/mol. The SMILES string of the molecule is C[C@@H](C1CC=Cc2c(cn(C)c2C(=O)Nc2ccc(F)c(F)c2)S1(=O)=O)C(F)(F)F. The fourth-order valence-corrected chi connectivity index (χ4v) is 5.50. The highest BCUT2D eigenvalue weighted by Gasteiger charge is 2.48. The molecule has 0 bridgehead atoms. The van der Waals surface area contributed by atoms with Crippen LogP contribution in [0.25, 0.3) is 6.08 Å². The lowest BCUT2D eigenvalue weighted by molar-refractivity contribution is -0.169. The van der Waals surface area contributed by atoms with Crippen LogP contribution < -0.4 is 5.32 Å². The summed E-state index contributed by atoms with van der Waals surface area (Å²) in [7, 11) is -3.05. The molecule has 2 aromatic rings. The van der Waals surface area contributed by atoms with Crippen molar-refractivity contribution in [1.29, 1.82) is 0 Å². The van der Waals surface area contributed by atoms with E-state index in [-0.39, 0.29) is 23.4 Å². The number of hydrogen-bond acceptors (Lipinski definition) is 3. The van der Waals surface area contributed by atoms with Gasteiger partial charge >= 0.3 is 6.18 Å². The van der Waals surface area contributed by atoms with Crippen molar-refractivity contribution >= 4 is 27.5 Å². The van der Waals surface area contributed by atoms with E-state index in [9.17, 15) is 35.2 Å². The molecule has 1 N–H and O–H groups in total. The van der Waals surface area contributed by atoms with Crippen molar-refractivity contribution in [2.24, 2.45) is 13.0 Å². The number of carbonyl (C=O) groups excluding carboxylic acids is 1. The molecule has 1 unspecified atom stereocenters. The molecule has 1 aliphatic heterocycles. The van der Waals surface area contributed by atoms with Gasteiger partial charge in [0.2, 0.25) is 0 Å². The Morgan fingerprint density at radius 1 is 1.23 bits per heavy atom. The number of carbonyl (C=O) groups is 1. The zero-order valence-corrected chi connectivity index (χ0v) is 16.6. The van der Waals surface area contributed by atoms with Gasteiger partial charge in [-0.1, -0.05) is 19.1 Å². The van der Waals surface area contributed by atoms with E-state index in [1.54, 1.807) is 0 Å². The van der Waals surface area contributed by atoms with Gasteiger partial charge in [-0.25, -0.2) is 17.2 Å². The Morgan fingerprint density at radius 2 is 1.90 bits per heavy atom. The van der Waals surface area contributed by atoms with E-state index in [2.05, 4.69) is 5.32 Å². The molecule has 1 aromatic carbocycles. The number of rotatable bonds is 3. The largest absolute Gasteiger partial charge is 0.392 e. The van der Waals surface area contributed by atoms with Gasteiger partial charge in [0.05, 0.1) is 16.1 Å². The molecule has 0 aliphatic carbocycles. The Morgan fingerprint density at radius 3 is 2.50 bits per heavy atom. The molecular formula is C19H17F5N2O3S. The predicted molar refractivity (Wildman–Crippen MR) is 99.6 cm³/mol. The van der Waals surface area contributed by atoms with Gasteiger partial charge in [-0.3, -0.25) is 4.79 Å². The number of fused-ring (bicyclic) bond motifs is 1. The minimum absolute atomic E-state index is 0.0607. The van der Waals surface area contributed by atoms with Crippen molar-refractivity contribution < 1.29 is 35.2 Å². The standard InChI is InChI=1S/C19H17F5N2O3S/c1-10(19(22,23)24)15-5-3-4-12-16(30(15,28)29)9-26(2)17(12)18(27)25-11-6-7-13(20)14(21)8-11/h3-4,6-10,15H,5H2,1-2H3,(H,25,27)/t10-,15?/m0/s1. The van der Waals surface area contributed by atoms with Crippen molar-refractivity contribution in [3.8, 4) is 0 Å². The van der Waals surface area contributed by atoms with Crippen LogP contribution in [0.5, 0.6) is 0 Å². The summed E-state index contributed by atoms with van der Waals surface area (Å²) in [4.78, 5) is 12.3. The first-order valence-corrected chi connectivity index (χ1v) is 10.3. The van der Waals surface area contributed by atoms with Crippen LogP contribution in [0.1, 0.15) is 29.4 Å². The number of allylic oxidation sites excluding steroid dienone is 1. The Kier molecular flexibility index (Phi) is 5.52. The second-order valence-electron chi connectivity index (χ2n) is 7.00. The van der Waals surface area contributed by atoms with Crippen molar-refractivity contribution in [2.45, 2.75) is 29.7 Å². The highest BCUT2D eigenvalue weighted by molar-refractivity contribution is 7.92. The fourth-order valence-electron chi connectivity index (χ4n) is 3.34.